The number of rotatable bonds is 4. The van der Waals surface area contributed by atoms with Crippen molar-refractivity contribution in [1.82, 2.24) is 4.90 Å². The molecule has 1 amide bonds. The average Bonchev–Trinajstić information content (AvgIpc) is 2.83. The molecule has 1 saturated heterocycles. The van der Waals surface area contributed by atoms with Crippen LogP contribution in [0, 0.1) is 0 Å². The number of ether oxygens (including phenoxy) is 1. The third kappa shape index (κ3) is 4.71. The summed E-state index contributed by atoms with van der Waals surface area (Å²) >= 11 is 0. The minimum atomic E-state index is -0.742. The van der Waals surface area contributed by atoms with E-state index in [2.05, 4.69) is 0 Å². The first kappa shape index (κ1) is 17.3. The molecule has 0 radical (unpaired) electrons. The zero-order valence-corrected chi connectivity index (χ0v) is 14.2. The van der Waals surface area contributed by atoms with Crippen LogP contribution in [-0.4, -0.2) is 50.1 Å². The fourth-order valence-corrected chi connectivity index (χ4v) is 2.72. The zero-order chi connectivity index (χ0) is 16.8. The van der Waals surface area contributed by atoms with Crippen molar-refractivity contribution in [2.24, 2.45) is 0 Å². The monoisotopic (exact) mass is 318 g/mol. The van der Waals surface area contributed by atoms with Gasteiger partial charge >= 0.3 is 5.97 Å². The van der Waals surface area contributed by atoms with Crippen molar-refractivity contribution in [3.63, 3.8) is 0 Å². The molecule has 1 heterocycles. The summed E-state index contributed by atoms with van der Waals surface area (Å²) in [4.78, 5) is 28.4. The van der Waals surface area contributed by atoms with Crippen LogP contribution in [0.3, 0.4) is 0 Å². The first-order chi connectivity index (χ1) is 11.0. The molecule has 1 aliphatic rings. The van der Waals surface area contributed by atoms with E-state index in [4.69, 9.17) is 4.74 Å². The molecule has 23 heavy (non-hydrogen) atoms. The second-order valence-electron chi connectivity index (χ2n) is 6.23. The van der Waals surface area contributed by atoms with Gasteiger partial charge in [0.1, 0.15) is 0 Å². The van der Waals surface area contributed by atoms with Crippen molar-refractivity contribution >= 4 is 17.6 Å². The van der Waals surface area contributed by atoms with E-state index in [-0.39, 0.29) is 5.91 Å². The molecule has 0 spiro atoms. The Hall–Kier alpha value is -2.04. The van der Waals surface area contributed by atoms with Gasteiger partial charge in [-0.15, -0.1) is 0 Å². The lowest BCUT2D eigenvalue weighted by atomic mass is 10.2. The summed E-state index contributed by atoms with van der Waals surface area (Å²) in [6.45, 7) is 3.18. The summed E-state index contributed by atoms with van der Waals surface area (Å²) in [7, 11) is 3.88. The minimum Gasteiger partial charge on any atom is -0.449 e. The van der Waals surface area contributed by atoms with Crippen LogP contribution in [0.25, 0.3) is 0 Å². The molecule has 1 aromatic carbocycles. The first-order valence-electron chi connectivity index (χ1n) is 8.26. The molecule has 0 N–H and O–H groups in total. The standard InChI is InChI=1S/C18H26N2O3/c1-14(17(21)20-12-6-4-5-7-13-20)23-18(22)15-8-10-16(11-9-15)19(2)3/h8-11,14H,4-7,12-13H2,1-3H3. The van der Waals surface area contributed by atoms with Crippen LogP contribution >= 0.6 is 0 Å². The van der Waals surface area contributed by atoms with Gasteiger partial charge in [0.05, 0.1) is 5.56 Å². The van der Waals surface area contributed by atoms with E-state index >= 15 is 0 Å². The third-order valence-electron chi connectivity index (χ3n) is 4.17. The second-order valence-corrected chi connectivity index (χ2v) is 6.23. The third-order valence-corrected chi connectivity index (χ3v) is 4.17. The molecule has 2 rings (SSSR count). The predicted octanol–water partition coefficient (Wildman–Crippen LogP) is 2.70. The fraction of sp³-hybridized carbons (Fsp3) is 0.556. The highest BCUT2D eigenvalue weighted by Crippen LogP contribution is 2.15. The maximum atomic E-state index is 12.4. The van der Waals surface area contributed by atoms with E-state index < -0.39 is 12.1 Å². The van der Waals surface area contributed by atoms with Crippen molar-refractivity contribution in [2.45, 2.75) is 38.7 Å². The Morgan fingerprint density at radius 2 is 1.61 bits per heavy atom. The Morgan fingerprint density at radius 3 is 2.13 bits per heavy atom. The maximum absolute atomic E-state index is 12.4. The average molecular weight is 318 g/mol. The lowest BCUT2D eigenvalue weighted by Crippen LogP contribution is -2.40. The predicted molar refractivity (Wildman–Crippen MR) is 90.7 cm³/mol. The molecule has 1 fully saturated rings. The van der Waals surface area contributed by atoms with Crippen LogP contribution in [-0.2, 0) is 9.53 Å². The number of carbonyl (C=O) groups excluding carboxylic acids is 2. The van der Waals surface area contributed by atoms with E-state index in [1.54, 1.807) is 19.1 Å². The highest BCUT2D eigenvalue weighted by atomic mass is 16.5. The normalized spacial score (nSPS) is 16.4. The molecule has 0 saturated carbocycles. The minimum absolute atomic E-state index is 0.0924. The topological polar surface area (TPSA) is 49.9 Å². The molecule has 0 aromatic heterocycles. The Bertz CT molecular complexity index is 532. The van der Waals surface area contributed by atoms with E-state index in [1.807, 2.05) is 36.0 Å². The molecule has 1 atom stereocenters. The van der Waals surface area contributed by atoms with Gasteiger partial charge < -0.3 is 14.5 Å². The van der Waals surface area contributed by atoms with Gasteiger partial charge in [-0.1, -0.05) is 12.8 Å². The summed E-state index contributed by atoms with van der Waals surface area (Å²) in [5, 5.41) is 0. The summed E-state index contributed by atoms with van der Waals surface area (Å²) < 4.78 is 5.35. The summed E-state index contributed by atoms with van der Waals surface area (Å²) in [5.74, 6) is -0.545. The lowest BCUT2D eigenvalue weighted by molar-refractivity contribution is -0.139. The number of amides is 1. The highest BCUT2D eigenvalue weighted by Gasteiger charge is 2.24. The van der Waals surface area contributed by atoms with E-state index in [1.165, 1.54) is 0 Å². The highest BCUT2D eigenvalue weighted by molar-refractivity contribution is 5.92. The quantitative estimate of drug-likeness (QED) is 0.801. The van der Waals surface area contributed by atoms with Crippen molar-refractivity contribution in [1.29, 1.82) is 0 Å². The Kier molecular flexibility index (Phi) is 6.02. The Labute approximate surface area is 138 Å². The van der Waals surface area contributed by atoms with Crippen molar-refractivity contribution < 1.29 is 14.3 Å². The number of likely N-dealkylation sites (tertiary alicyclic amines) is 1. The van der Waals surface area contributed by atoms with Gasteiger partial charge in [-0.2, -0.15) is 0 Å². The number of nitrogens with zero attached hydrogens (tertiary/aromatic N) is 2. The second kappa shape index (κ2) is 7.99. The van der Waals surface area contributed by atoms with Crippen LogP contribution in [0.2, 0.25) is 0 Å². The number of hydrogen-bond acceptors (Lipinski definition) is 4. The number of benzene rings is 1. The molecule has 0 aliphatic carbocycles. The van der Waals surface area contributed by atoms with Crippen molar-refractivity contribution in [3.05, 3.63) is 29.8 Å². The van der Waals surface area contributed by atoms with Gasteiger partial charge in [0.15, 0.2) is 6.10 Å². The maximum Gasteiger partial charge on any atom is 0.338 e. The Morgan fingerprint density at radius 1 is 1.04 bits per heavy atom. The fourth-order valence-electron chi connectivity index (χ4n) is 2.72. The molecule has 1 aliphatic heterocycles. The molecule has 5 nitrogen and oxygen atoms in total. The number of esters is 1. The summed E-state index contributed by atoms with van der Waals surface area (Å²) in [5.41, 5.74) is 1.47. The van der Waals surface area contributed by atoms with E-state index in [0.29, 0.717) is 5.56 Å². The molecule has 1 aromatic rings. The van der Waals surface area contributed by atoms with Crippen LogP contribution in [0.1, 0.15) is 43.0 Å². The van der Waals surface area contributed by atoms with Crippen molar-refractivity contribution in [3.8, 4) is 0 Å². The van der Waals surface area contributed by atoms with Crippen LogP contribution in [0.15, 0.2) is 24.3 Å². The molecule has 0 bridgehead atoms. The largest absolute Gasteiger partial charge is 0.449 e. The first-order valence-corrected chi connectivity index (χ1v) is 8.26. The smallest absolute Gasteiger partial charge is 0.338 e. The summed E-state index contributed by atoms with van der Waals surface area (Å²) in [6, 6.07) is 7.16. The molecular weight excluding hydrogens is 292 g/mol. The van der Waals surface area contributed by atoms with E-state index in [0.717, 1.165) is 44.5 Å². The van der Waals surface area contributed by atoms with Gasteiger partial charge in [0, 0.05) is 32.9 Å². The van der Waals surface area contributed by atoms with Crippen molar-refractivity contribution in [2.75, 3.05) is 32.1 Å². The molecule has 5 heteroatoms. The SMILES string of the molecule is CC(OC(=O)c1ccc(N(C)C)cc1)C(=O)N1CCCCCC1. The van der Waals surface area contributed by atoms with Gasteiger partial charge in [0.2, 0.25) is 0 Å². The van der Waals surface area contributed by atoms with Gasteiger partial charge in [-0.3, -0.25) is 4.79 Å². The Balaban J connectivity index is 1.94. The lowest BCUT2D eigenvalue weighted by Gasteiger charge is -2.24. The molecular formula is C18H26N2O3. The van der Waals surface area contributed by atoms with Crippen LogP contribution in [0.5, 0.6) is 0 Å². The van der Waals surface area contributed by atoms with Crippen LogP contribution in [0.4, 0.5) is 5.69 Å². The van der Waals surface area contributed by atoms with Crippen LogP contribution < -0.4 is 4.90 Å². The number of anilines is 1. The van der Waals surface area contributed by atoms with Gasteiger partial charge in [0.25, 0.3) is 5.91 Å². The number of hydrogen-bond donors (Lipinski definition) is 0. The zero-order valence-electron chi connectivity index (χ0n) is 14.2. The number of carbonyl (C=O) groups is 2. The van der Waals surface area contributed by atoms with E-state index in [9.17, 15) is 9.59 Å². The van der Waals surface area contributed by atoms with Gasteiger partial charge in [-0.25, -0.2) is 4.79 Å². The molecule has 1 unspecified atom stereocenters. The van der Waals surface area contributed by atoms with Gasteiger partial charge in [-0.05, 0) is 44.0 Å². The summed E-state index contributed by atoms with van der Waals surface area (Å²) in [6.07, 6.45) is 3.64. The molecule has 126 valence electrons.